The number of rotatable bonds is 6. The van der Waals surface area contributed by atoms with Crippen LogP contribution in [0.4, 0.5) is 5.69 Å². The van der Waals surface area contributed by atoms with E-state index in [4.69, 9.17) is 9.47 Å². The molecule has 1 aromatic carbocycles. The molecule has 2 heterocycles. The highest BCUT2D eigenvalue weighted by Gasteiger charge is 2.29. The van der Waals surface area contributed by atoms with Crippen molar-refractivity contribution in [3.63, 3.8) is 0 Å². The highest BCUT2D eigenvalue weighted by Crippen LogP contribution is 2.28. The third-order valence-corrected chi connectivity index (χ3v) is 6.66. The topological polar surface area (TPSA) is 113 Å². The Labute approximate surface area is 219 Å². The van der Waals surface area contributed by atoms with Gasteiger partial charge in [0.15, 0.2) is 0 Å². The van der Waals surface area contributed by atoms with Gasteiger partial charge in [0.05, 0.1) is 30.4 Å². The summed E-state index contributed by atoms with van der Waals surface area (Å²) in [6, 6.07) is 7.95. The van der Waals surface area contributed by atoms with Gasteiger partial charge >= 0.3 is 0 Å². The van der Waals surface area contributed by atoms with Crippen LogP contribution in [0.3, 0.4) is 0 Å². The average Bonchev–Trinajstić information content (AvgIpc) is 2.90. The Kier molecular flexibility index (Phi) is 10.9. The zero-order valence-corrected chi connectivity index (χ0v) is 22.3. The number of aliphatic hydroxyl groups excluding tert-OH is 1. The second-order valence-electron chi connectivity index (χ2n) is 9.76. The van der Waals surface area contributed by atoms with E-state index in [0.29, 0.717) is 42.3 Å². The first-order valence-electron chi connectivity index (χ1n) is 13.0. The molecule has 0 bridgehead atoms. The molecule has 1 aliphatic heterocycles. The molecule has 0 unspecified atom stereocenters. The minimum Gasteiger partial charge on any atom is -0.490 e. The van der Waals surface area contributed by atoms with Crippen LogP contribution < -0.4 is 15.4 Å². The number of nitrogens with one attached hydrogen (secondary N) is 2. The Balaban J connectivity index is 1.97. The van der Waals surface area contributed by atoms with Crippen molar-refractivity contribution < 1.29 is 24.2 Å². The molecule has 37 heavy (non-hydrogen) atoms. The standard InChI is InChI=1S/C28H40N4O5/c1-19-17-32(20(2)18-33)28(35)24-15-23(31-27(34)22-10-12-30-13-11-22)8-9-25(24)37-21(3)7-5-6-14-36-26(19)16-29-4/h8-13,15,19-21,26,29,33H,5-7,14,16-18H2,1-4H3,(H,31,34)/t19-,20-,21+,26+/m0/s1. The van der Waals surface area contributed by atoms with E-state index in [1.807, 2.05) is 20.9 Å². The first-order valence-corrected chi connectivity index (χ1v) is 13.0. The van der Waals surface area contributed by atoms with Gasteiger partial charge in [-0.1, -0.05) is 6.92 Å². The molecule has 9 nitrogen and oxygen atoms in total. The minimum absolute atomic E-state index is 0.0196. The fourth-order valence-electron chi connectivity index (χ4n) is 4.40. The van der Waals surface area contributed by atoms with Crippen LogP contribution in [-0.4, -0.2) is 78.4 Å². The van der Waals surface area contributed by atoms with Gasteiger partial charge in [-0.2, -0.15) is 0 Å². The van der Waals surface area contributed by atoms with Crippen molar-refractivity contribution in [2.45, 2.75) is 58.3 Å². The Morgan fingerprint density at radius 1 is 1.22 bits per heavy atom. The van der Waals surface area contributed by atoms with Crippen LogP contribution in [0.1, 0.15) is 60.7 Å². The molecule has 4 atom stereocenters. The number of fused-ring (bicyclic) bond motifs is 1. The van der Waals surface area contributed by atoms with Crippen LogP contribution in [-0.2, 0) is 4.74 Å². The third kappa shape index (κ3) is 7.99. The molecular weight excluding hydrogens is 472 g/mol. The van der Waals surface area contributed by atoms with Crippen molar-refractivity contribution >= 4 is 17.5 Å². The van der Waals surface area contributed by atoms with Gasteiger partial charge in [-0.3, -0.25) is 14.6 Å². The van der Waals surface area contributed by atoms with Crippen molar-refractivity contribution in [3.8, 4) is 5.75 Å². The van der Waals surface area contributed by atoms with Crippen LogP contribution in [0.25, 0.3) is 0 Å². The minimum atomic E-state index is -0.418. The van der Waals surface area contributed by atoms with Crippen molar-refractivity contribution in [3.05, 3.63) is 53.9 Å². The summed E-state index contributed by atoms with van der Waals surface area (Å²) in [5.74, 6) is -0.0874. The van der Waals surface area contributed by atoms with Crippen molar-refractivity contribution in [2.24, 2.45) is 5.92 Å². The molecule has 1 aromatic heterocycles. The number of benzene rings is 1. The lowest BCUT2D eigenvalue weighted by atomic mass is 10.0. The number of anilines is 1. The number of nitrogens with zero attached hydrogens (tertiary/aromatic N) is 2. The summed E-state index contributed by atoms with van der Waals surface area (Å²) < 4.78 is 12.4. The number of carbonyl (C=O) groups excluding carboxylic acids is 2. The molecule has 0 aliphatic carbocycles. The number of amides is 2. The van der Waals surface area contributed by atoms with E-state index in [0.717, 1.165) is 19.3 Å². The second-order valence-corrected chi connectivity index (χ2v) is 9.76. The lowest BCUT2D eigenvalue weighted by Crippen LogP contribution is -2.47. The number of likely N-dealkylation sites (N-methyl/N-ethyl adjacent to an activating group) is 1. The summed E-state index contributed by atoms with van der Waals surface area (Å²) in [7, 11) is 1.89. The lowest BCUT2D eigenvalue weighted by Gasteiger charge is -2.34. The molecule has 1 aliphatic rings. The Morgan fingerprint density at radius 2 is 1.97 bits per heavy atom. The Morgan fingerprint density at radius 3 is 2.68 bits per heavy atom. The fraction of sp³-hybridized carbons (Fsp3) is 0.536. The fourth-order valence-corrected chi connectivity index (χ4v) is 4.40. The summed E-state index contributed by atoms with van der Waals surface area (Å²) in [6.45, 7) is 7.39. The number of ether oxygens (including phenoxy) is 2. The molecule has 3 N–H and O–H groups in total. The number of aliphatic hydroxyl groups is 1. The zero-order chi connectivity index (χ0) is 26.8. The SMILES string of the molecule is CNC[C@H]1OCCCC[C@@H](C)Oc2ccc(NC(=O)c3ccncc3)cc2C(=O)N([C@@H](C)CO)C[C@@H]1C. The molecule has 0 fully saturated rings. The van der Waals surface area contributed by atoms with E-state index < -0.39 is 6.04 Å². The monoisotopic (exact) mass is 512 g/mol. The molecule has 3 rings (SSSR count). The maximum absolute atomic E-state index is 14.0. The summed E-state index contributed by atoms with van der Waals surface area (Å²) in [6.07, 6.45) is 5.60. The van der Waals surface area contributed by atoms with Crippen LogP contribution in [0, 0.1) is 5.92 Å². The number of pyridine rings is 1. The van der Waals surface area contributed by atoms with Gasteiger partial charge in [0, 0.05) is 49.3 Å². The van der Waals surface area contributed by atoms with E-state index in [2.05, 4.69) is 22.5 Å². The van der Waals surface area contributed by atoms with Gasteiger partial charge in [0.1, 0.15) is 5.75 Å². The Hall–Kier alpha value is -3.01. The molecule has 9 heteroatoms. The maximum Gasteiger partial charge on any atom is 0.258 e. The smallest absolute Gasteiger partial charge is 0.258 e. The number of hydrogen-bond donors (Lipinski definition) is 3. The van der Waals surface area contributed by atoms with Crippen molar-refractivity contribution in [1.29, 1.82) is 0 Å². The lowest BCUT2D eigenvalue weighted by molar-refractivity contribution is -0.000452. The molecule has 0 saturated carbocycles. The van der Waals surface area contributed by atoms with Crippen LogP contribution in [0.2, 0.25) is 0 Å². The average molecular weight is 513 g/mol. The summed E-state index contributed by atoms with van der Waals surface area (Å²) in [4.78, 5) is 32.3. The van der Waals surface area contributed by atoms with Gasteiger partial charge in [-0.25, -0.2) is 0 Å². The molecule has 202 valence electrons. The predicted molar refractivity (Wildman–Crippen MR) is 143 cm³/mol. The van der Waals surface area contributed by atoms with Crippen molar-refractivity contribution in [1.82, 2.24) is 15.2 Å². The highest BCUT2D eigenvalue weighted by atomic mass is 16.5. The molecule has 0 spiro atoms. The van der Waals surface area contributed by atoms with Gasteiger partial charge in [-0.05, 0) is 70.5 Å². The Bertz CT molecular complexity index is 1020. The maximum atomic E-state index is 14.0. The van der Waals surface area contributed by atoms with Gasteiger partial charge in [-0.15, -0.1) is 0 Å². The largest absolute Gasteiger partial charge is 0.490 e. The molecule has 2 aromatic rings. The predicted octanol–water partition coefficient (Wildman–Crippen LogP) is 3.35. The van der Waals surface area contributed by atoms with E-state index in [1.165, 1.54) is 0 Å². The van der Waals surface area contributed by atoms with Crippen molar-refractivity contribution in [2.75, 3.05) is 38.7 Å². The third-order valence-electron chi connectivity index (χ3n) is 6.66. The molecular formula is C28H40N4O5. The van der Waals surface area contributed by atoms with Crippen LogP contribution >= 0.6 is 0 Å². The summed E-state index contributed by atoms with van der Waals surface area (Å²) in [5.41, 5.74) is 1.29. The van der Waals surface area contributed by atoms with E-state index >= 15 is 0 Å². The first kappa shape index (κ1) is 28.6. The molecule has 0 saturated heterocycles. The first-order chi connectivity index (χ1) is 17.8. The van der Waals surface area contributed by atoms with Gasteiger partial charge in [0.25, 0.3) is 11.8 Å². The van der Waals surface area contributed by atoms with E-state index in [9.17, 15) is 14.7 Å². The highest BCUT2D eigenvalue weighted by molar-refractivity contribution is 6.05. The van der Waals surface area contributed by atoms with Gasteiger partial charge in [0.2, 0.25) is 0 Å². The van der Waals surface area contributed by atoms with E-state index in [1.54, 1.807) is 47.6 Å². The number of aromatic nitrogens is 1. The molecule has 0 radical (unpaired) electrons. The number of hydrogen-bond acceptors (Lipinski definition) is 7. The second kappa shape index (κ2) is 14.1. The zero-order valence-electron chi connectivity index (χ0n) is 22.3. The van der Waals surface area contributed by atoms with E-state index in [-0.39, 0.29) is 36.5 Å². The summed E-state index contributed by atoms with van der Waals surface area (Å²) in [5, 5.41) is 16.0. The van der Waals surface area contributed by atoms with Crippen LogP contribution in [0.15, 0.2) is 42.7 Å². The molecule has 2 amide bonds. The van der Waals surface area contributed by atoms with Crippen LogP contribution in [0.5, 0.6) is 5.75 Å². The number of carbonyl (C=O) groups is 2. The normalized spacial score (nSPS) is 22.4. The van der Waals surface area contributed by atoms with Gasteiger partial charge < -0.3 is 30.1 Å². The quantitative estimate of drug-likeness (QED) is 0.544. The summed E-state index contributed by atoms with van der Waals surface area (Å²) >= 11 is 0.